The maximum Gasteiger partial charge on any atom is 0.264 e. The van der Waals surface area contributed by atoms with E-state index >= 15 is 0 Å². The van der Waals surface area contributed by atoms with Crippen LogP contribution in [0.25, 0.3) is 27.6 Å². The van der Waals surface area contributed by atoms with Gasteiger partial charge < -0.3 is 10.3 Å². The van der Waals surface area contributed by atoms with Gasteiger partial charge in [-0.2, -0.15) is 0 Å². The van der Waals surface area contributed by atoms with Gasteiger partial charge in [0, 0.05) is 5.69 Å². The fourth-order valence-corrected chi connectivity index (χ4v) is 3.96. The smallest absolute Gasteiger partial charge is 0.264 e. The highest BCUT2D eigenvalue weighted by Crippen LogP contribution is 2.29. The number of hydrogen-bond donors (Lipinski definition) is 2. The molecule has 7 nitrogen and oxygen atoms in total. The summed E-state index contributed by atoms with van der Waals surface area (Å²) in [6.07, 6.45) is 2.89. The second-order valence-corrected chi connectivity index (χ2v) is 7.58. The Balaban J connectivity index is 1.74. The predicted molar refractivity (Wildman–Crippen MR) is 118 cm³/mol. The summed E-state index contributed by atoms with van der Waals surface area (Å²) >= 11 is 6.13. The molecular formula is C22H15ClF2N6O. The van der Waals surface area contributed by atoms with E-state index in [2.05, 4.69) is 25.3 Å². The van der Waals surface area contributed by atoms with Crippen molar-refractivity contribution in [3.8, 4) is 5.69 Å². The highest BCUT2D eigenvalue weighted by atomic mass is 35.5. The number of pyridine rings is 1. The molecule has 0 aliphatic rings. The third-order valence-corrected chi connectivity index (χ3v) is 5.56. The minimum absolute atomic E-state index is 0.0172. The zero-order valence-electron chi connectivity index (χ0n) is 16.6. The minimum Gasteiger partial charge on any atom is -0.360 e. The van der Waals surface area contributed by atoms with Crippen LogP contribution in [0.2, 0.25) is 5.02 Å². The molecule has 0 fully saturated rings. The topological polar surface area (TPSA) is 88.5 Å². The molecule has 5 rings (SSSR count). The van der Waals surface area contributed by atoms with Crippen LogP contribution in [0.15, 0.2) is 59.9 Å². The molecule has 10 heteroatoms. The first-order valence-corrected chi connectivity index (χ1v) is 10.0. The van der Waals surface area contributed by atoms with Gasteiger partial charge in [0.2, 0.25) is 0 Å². The molecule has 0 spiro atoms. The largest absolute Gasteiger partial charge is 0.360 e. The first-order valence-electron chi connectivity index (χ1n) is 9.64. The number of anilines is 1. The molecule has 2 N–H and O–H groups in total. The van der Waals surface area contributed by atoms with E-state index in [0.29, 0.717) is 28.1 Å². The molecule has 1 atom stereocenters. The Morgan fingerprint density at radius 1 is 1.12 bits per heavy atom. The Morgan fingerprint density at radius 2 is 1.97 bits per heavy atom. The van der Waals surface area contributed by atoms with Gasteiger partial charge in [0.05, 0.1) is 28.5 Å². The van der Waals surface area contributed by atoms with Crippen molar-refractivity contribution >= 4 is 39.4 Å². The Labute approximate surface area is 184 Å². The quantitative estimate of drug-likeness (QED) is 0.410. The number of rotatable bonds is 4. The minimum atomic E-state index is -0.706. The van der Waals surface area contributed by atoms with E-state index in [1.165, 1.54) is 47.6 Å². The van der Waals surface area contributed by atoms with Crippen molar-refractivity contribution in [1.82, 2.24) is 24.5 Å². The zero-order valence-corrected chi connectivity index (χ0v) is 17.4. The summed E-state index contributed by atoms with van der Waals surface area (Å²) in [6, 6.07) is 9.52. The third-order valence-electron chi connectivity index (χ3n) is 5.19. The van der Waals surface area contributed by atoms with Gasteiger partial charge in [-0.3, -0.25) is 9.36 Å². The number of aromatic nitrogens is 5. The van der Waals surface area contributed by atoms with Crippen LogP contribution in [0, 0.1) is 11.6 Å². The number of nitrogens with zero attached hydrogens (tertiary/aromatic N) is 4. The number of benzene rings is 2. The lowest BCUT2D eigenvalue weighted by atomic mass is 10.1. The van der Waals surface area contributed by atoms with E-state index < -0.39 is 23.2 Å². The Morgan fingerprint density at radius 3 is 2.78 bits per heavy atom. The van der Waals surface area contributed by atoms with Gasteiger partial charge in [0.25, 0.3) is 5.56 Å². The maximum atomic E-state index is 14.1. The highest BCUT2D eigenvalue weighted by Gasteiger charge is 2.20. The van der Waals surface area contributed by atoms with E-state index in [1.54, 1.807) is 12.1 Å². The van der Waals surface area contributed by atoms with Gasteiger partial charge >= 0.3 is 0 Å². The highest BCUT2D eigenvalue weighted by molar-refractivity contribution is 6.35. The van der Waals surface area contributed by atoms with Crippen molar-refractivity contribution in [2.24, 2.45) is 0 Å². The van der Waals surface area contributed by atoms with E-state index in [0.717, 1.165) is 0 Å². The maximum absolute atomic E-state index is 14.1. The molecule has 32 heavy (non-hydrogen) atoms. The summed E-state index contributed by atoms with van der Waals surface area (Å²) in [6.45, 7) is 1.82. The van der Waals surface area contributed by atoms with Crippen molar-refractivity contribution in [1.29, 1.82) is 0 Å². The fourth-order valence-electron chi connectivity index (χ4n) is 3.71. The van der Waals surface area contributed by atoms with Crippen LogP contribution in [-0.2, 0) is 0 Å². The lowest BCUT2D eigenvalue weighted by Crippen LogP contribution is -2.26. The summed E-state index contributed by atoms with van der Waals surface area (Å²) in [5.74, 6) is -0.762. The zero-order chi connectivity index (χ0) is 22.4. The summed E-state index contributed by atoms with van der Waals surface area (Å²) in [4.78, 5) is 29.0. The van der Waals surface area contributed by atoms with Gasteiger partial charge in [0.15, 0.2) is 11.5 Å². The van der Waals surface area contributed by atoms with E-state index in [-0.39, 0.29) is 16.1 Å². The van der Waals surface area contributed by atoms with Gasteiger partial charge in [-0.15, -0.1) is 0 Å². The Bertz CT molecular complexity index is 1550. The third kappa shape index (κ3) is 3.27. The number of halogens is 3. The molecule has 0 saturated carbocycles. The molecule has 0 aliphatic carbocycles. The number of H-pyrrole nitrogens is 1. The van der Waals surface area contributed by atoms with Crippen LogP contribution in [0.3, 0.4) is 0 Å². The van der Waals surface area contributed by atoms with E-state index in [9.17, 15) is 13.6 Å². The number of nitrogens with one attached hydrogen (secondary N) is 2. The molecule has 3 heterocycles. The van der Waals surface area contributed by atoms with Gasteiger partial charge in [-0.05, 0) is 42.6 Å². The van der Waals surface area contributed by atoms with Crippen LogP contribution in [-0.4, -0.2) is 24.5 Å². The first-order chi connectivity index (χ1) is 15.4. The summed E-state index contributed by atoms with van der Waals surface area (Å²) < 4.78 is 29.4. The number of aromatic amines is 1. The van der Waals surface area contributed by atoms with Crippen molar-refractivity contribution in [3.05, 3.63) is 87.8 Å². The monoisotopic (exact) mass is 452 g/mol. The number of hydrogen-bond acceptors (Lipinski definition) is 5. The fraction of sp³-hybridized carbons (Fsp3) is 0.0909. The normalized spacial score (nSPS) is 12.4. The summed E-state index contributed by atoms with van der Waals surface area (Å²) in [5, 5.41) is 3.44. The predicted octanol–water partition coefficient (Wildman–Crippen LogP) is 4.76. The average Bonchev–Trinajstić information content (AvgIpc) is 3.26. The average molecular weight is 453 g/mol. The van der Waals surface area contributed by atoms with Crippen molar-refractivity contribution < 1.29 is 8.78 Å². The standard InChI is InChI=1S/C22H15ClF2N6O/c1-11(30-21-19-20(27-9-26-19)28-10-29-21)16-7-12-5-6-15(25)18(23)17(12)22(32)31(16)14-4-2-3-13(24)8-14/h2-11H,1H3,(H2,26,27,28,29,30)/t11-/m1/s1. The SMILES string of the molecule is C[C@@H](Nc1ncnc2[nH]cnc12)c1cc2ccc(F)c(Cl)c2c(=O)n1-c1cccc(F)c1. The van der Waals surface area contributed by atoms with Crippen molar-refractivity contribution in [2.75, 3.05) is 5.32 Å². The van der Waals surface area contributed by atoms with Gasteiger partial charge in [-0.1, -0.05) is 23.7 Å². The summed E-state index contributed by atoms with van der Waals surface area (Å²) in [7, 11) is 0. The molecule has 0 aliphatic heterocycles. The van der Waals surface area contributed by atoms with E-state index in [1.807, 2.05) is 6.92 Å². The van der Waals surface area contributed by atoms with Crippen LogP contribution >= 0.6 is 11.6 Å². The second kappa shape index (κ2) is 7.69. The summed E-state index contributed by atoms with van der Waals surface area (Å²) in [5.41, 5.74) is 1.31. The van der Waals surface area contributed by atoms with Crippen LogP contribution in [0.1, 0.15) is 18.7 Å². The molecule has 0 bridgehead atoms. The van der Waals surface area contributed by atoms with Gasteiger partial charge in [0.1, 0.15) is 23.5 Å². The van der Waals surface area contributed by atoms with Crippen LogP contribution < -0.4 is 10.9 Å². The first kappa shape index (κ1) is 20.1. The molecule has 0 saturated heterocycles. The van der Waals surface area contributed by atoms with E-state index in [4.69, 9.17) is 11.6 Å². The number of fused-ring (bicyclic) bond motifs is 2. The van der Waals surface area contributed by atoms with Crippen molar-refractivity contribution in [3.63, 3.8) is 0 Å². The van der Waals surface area contributed by atoms with Crippen LogP contribution in [0.5, 0.6) is 0 Å². The molecule has 0 amide bonds. The lowest BCUT2D eigenvalue weighted by molar-refractivity contribution is 0.625. The molecule has 0 radical (unpaired) electrons. The molecular weight excluding hydrogens is 438 g/mol. The van der Waals surface area contributed by atoms with Gasteiger partial charge in [-0.25, -0.2) is 23.7 Å². The molecule has 2 aromatic carbocycles. The molecule has 0 unspecified atom stereocenters. The second-order valence-electron chi connectivity index (χ2n) is 7.20. The lowest BCUT2D eigenvalue weighted by Gasteiger charge is -2.21. The molecule has 160 valence electrons. The molecule has 3 aromatic heterocycles. The molecule has 5 aromatic rings. The van der Waals surface area contributed by atoms with Crippen molar-refractivity contribution in [2.45, 2.75) is 13.0 Å². The Kier molecular flexibility index (Phi) is 4.82. The van der Waals surface area contributed by atoms with Crippen LogP contribution in [0.4, 0.5) is 14.6 Å². The number of imidazole rings is 1. The Hall–Kier alpha value is -3.85.